The predicted octanol–water partition coefficient (Wildman–Crippen LogP) is 4.78. The zero-order chi connectivity index (χ0) is 12.8. The highest BCUT2D eigenvalue weighted by Crippen LogP contribution is 2.30. The first kappa shape index (κ1) is 13.1. The van der Waals surface area contributed by atoms with Crippen molar-refractivity contribution in [1.82, 2.24) is 9.38 Å². The number of fused-ring (bicyclic) bond motifs is 3. The molecule has 0 amide bonds. The Balaban J connectivity index is 0.00000121. The lowest BCUT2D eigenvalue weighted by atomic mass is 10.2. The zero-order valence-electron chi connectivity index (χ0n) is 10.3. The van der Waals surface area contributed by atoms with Crippen LogP contribution in [0.4, 0.5) is 4.39 Å². The second-order valence-corrected chi connectivity index (χ2v) is 5.18. The van der Waals surface area contributed by atoms with Gasteiger partial charge in [0.25, 0.3) is 0 Å². The van der Waals surface area contributed by atoms with Gasteiger partial charge in [-0.1, -0.05) is 12.1 Å². The van der Waals surface area contributed by atoms with Crippen LogP contribution in [-0.2, 0) is 0 Å². The third kappa shape index (κ3) is 1.88. The molecular formula is C15H10ClFN2S. The number of halogens is 2. The summed E-state index contributed by atoms with van der Waals surface area (Å²) in [7, 11) is 0. The predicted molar refractivity (Wildman–Crippen MR) is 83.2 cm³/mol. The Labute approximate surface area is 124 Å². The van der Waals surface area contributed by atoms with Crippen LogP contribution >= 0.6 is 23.7 Å². The van der Waals surface area contributed by atoms with Gasteiger partial charge in [-0.05, 0) is 42.0 Å². The van der Waals surface area contributed by atoms with Crippen LogP contribution in [0.3, 0.4) is 0 Å². The third-order valence-corrected chi connectivity index (χ3v) is 4.01. The molecule has 0 N–H and O–H groups in total. The molecule has 2 aromatic carbocycles. The maximum atomic E-state index is 13.0. The highest BCUT2D eigenvalue weighted by Gasteiger charge is 2.11. The average Bonchev–Trinajstić information content (AvgIpc) is 2.98. The van der Waals surface area contributed by atoms with Crippen molar-refractivity contribution in [3.63, 3.8) is 0 Å². The first-order chi connectivity index (χ1) is 9.33. The summed E-state index contributed by atoms with van der Waals surface area (Å²) in [4.78, 5) is 5.55. The molecule has 0 spiro atoms. The van der Waals surface area contributed by atoms with Gasteiger partial charge in [0.05, 0.1) is 16.7 Å². The van der Waals surface area contributed by atoms with Crippen molar-refractivity contribution in [3.05, 3.63) is 59.7 Å². The second kappa shape index (κ2) is 4.89. The van der Waals surface area contributed by atoms with E-state index in [1.807, 2.05) is 18.2 Å². The normalized spacial score (nSPS) is 10.8. The van der Waals surface area contributed by atoms with E-state index in [1.54, 1.807) is 23.5 Å². The van der Waals surface area contributed by atoms with Crippen LogP contribution in [0.1, 0.15) is 0 Å². The molecule has 100 valence electrons. The van der Waals surface area contributed by atoms with Gasteiger partial charge in [-0.3, -0.25) is 4.40 Å². The Hall–Kier alpha value is -1.91. The molecule has 2 aromatic heterocycles. The summed E-state index contributed by atoms with van der Waals surface area (Å²) in [6.45, 7) is 0. The molecule has 0 atom stereocenters. The molecule has 0 fully saturated rings. The van der Waals surface area contributed by atoms with Crippen LogP contribution in [0.25, 0.3) is 27.3 Å². The van der Waals surface area contributed by atoms with E-state index in [2.05, 4.69) is 20.8 Å². The zero-order valence-corrected chi connectivity index (χ0v) is 11.9. The Morgan fingerprint density at radius 1 is 1.00 bits per heavy atom. The van der Waals surface area contributed by atoms with Gasteiger partial charge in [0.15, 0.2) is 4.96 Å². The number of nitrogens with zero attached hydrogens (tertiary/aromatic N) is 2. The molecule has 0 radical (unpaired) electrons. The fourth-order valence-electron chi connectivity index (χ4n) is 2.29. The van der Waals surface area contributed by atoms with E-state index in [9.17, 15) is 4.39 Å². The van der Waals surface area contributed by atoms with E-state index in [4.69, 9.17) is 0 Å². The van der Waals surface area contributed by atoms with Gasteiger partial charge in [0, 0.05) is 5.38 Å². The molecule has 0 saturated carbocycles. The van der Waals surface area contributed by atoms with Crippen molar-refractivity contribution in [2.24, 2.45) is 0 Å². The summed E-state index contributed by atoms with van der Waals surface area (Å²) < 4.78 is 15.1. The van der Waals surface area contributed by atoms with Gasteiger partial charge < -0.3 is 0 Å². The van der Waals surface area contributed by atoms with Crippen LogP contribution in [0.2, 0.25) is 0 Å². The minimum absolute atomic E-state index is 0. The Kier molecular flexibility index (Phi) is 3.20. The van der Waals surface area contributed by atoms with Crippen LogP contribution < -0.4 is 0 Å². The number of para-hydroxylation sites is 2. The van der Waals surface area contributed by atoms with Crippen molar-refractivity contribution in [2.45, 2.75) is 0 Å². The summed E-state index contributed by atoms with van der Waals surface area (Å²) >= 11 is 1.60. The molecule has 5 heteroatoms. The molecule has 0 bridgehead atoms. The molecule has 20 heavy (non-hydrogen) atoms. The first-order valence-electron chi connectivity index (χ1n) is 5.93. The molecule has 2 heterocycles. The summed E-state index contributed by atoms with van der Waals surface area (Å²) in [5, 5.41) is 2.06. The van der Waals surface area contributed by atoms with E-state index in [-0.39, 0.29) is 18.2 Å². The van der Waals surface area contributed by atoms with E-state index in [0.717, 1.165) is 27.3 Å². The minimum atomic E-state index is -0.217. The highest BCUT2D eigenvalue weighted by molar-refractivity contribution is 7.15. The van der Waals surface area contributed by atoms with Gasteiger partial charge in [-0.15, -0.1) is 23.7 Å². The van der Waals surface area contributed by atoms with Gasteiger partial charge >= 0.3 is 0 Å². The first-order valence-corrected chi connectivity index (χ1v) is 6.81. The van der Waals surface area contributed by atoms with Crippen molar-refractivity contribution in [3.8, 4) is 11.3 Å². The Morgan fingerprint density at radius 3 is 2.55 bits per heavy atom. The second-order valence-electron chi connectivity index (χ2n) is 4.35. The van der Waals surface area contributed by atoms with Crippen molar-refractivity contribution in [2.75, 3.05) is 0 Å². The van der Waals surface area contributed by atoms with Gasteiger partial charge in [-0.25, -0.2) is 9.37 Å². The van der Waals surface area contributed by atoms with E-state index in [1.165, 1.54) is 12.1 Å². The highest BCUT2D eigenvalue weighted by atomic mass is 35.5. The number of benzene rings is 2. The largest absolute Gasteiger partial charge is 0.283 e. The number of imidazole rings is 1. The molecule has 0 saturated heterocycles. The van der Waals surface area contributed by atoms with Crippen molar-refractivity contribution in [1.29, 1.82) is 0 Å². The van der Waals surface area contributed by atoms with Gasteiger partial charge in [-0.2, -0.15) is 0 Å². The standard InChI is InChI=1S/C15H9FN2S.ClH/c16-11-7-5-10(6-8-11)14-9-19-15-17-12-3-1-2-4-13(12)18(14)15;/h1-9H;1H. The lowest BCUT2D eigenvalue weighted by Crippen LogP contribution is -1.85. The van der Waals surface area contributed by atoms with Gasteiger partial charge in [0.1, 0.15) is 5.82 Å². The maximum Gasteiger partial charge on any atom is 0.195 e. The molecule has 0 aliphatic heterocycles. The van der Waals surface area contributed by atoms with E-state index < -0.39 is 0 Å². The lowest BCUT2D eigenvalue weighted by molar-refractivity contribution is 0.628. The minimum Gasteiger partial charge on any atom is -0.283 e. The molecule has 0 unspecified atom stereocenters. The summed E-state index contributed by atoms with van der Waals surface area (Å²) in [6, 6.07) is 14.6. The molecule has 2 nitrogen and oxygen atoms in total. The lowest BCUT2D eigenvalue weighted by Gasteiger charge is -2.01. The molecule has 4 rings (SSSR count). The SMILES string of the molecule is Cl.Fc1ccc(-c2csc3nc4ccccc4n23)cc1. The fourth-order valence-corrected chi connectivity index (χ4v) is 3.21. The molecule has 4 aromatic rings. The van der Waals surface area contributed by atoms with Crippen molar-refractivity contribution < 1.29 is 4.39 Å². The maximum absolute atomic E-state index is 13.0. The Bertz CT molecular complexity index is 880. The van der Waals surface area contributed by atoms with Crippen molar-refractivity contribution >= 4 is 39.7 Å². The van der Waals surface area contributed by atoms with E-state index in [0.29, 0.717) is 0 Å². The molecular weight excluding hydrogens is 295 g/mol. The summed E-state index contributed by atoms with van der Waals surface area (Å²) in [5.74, 6) is -0.217. The average molecular weight is 305 g/mol. The fraction of sp³-hybridized carbons (Fsp3) is 0. The van der Waals surface area contributed by atoms with Crippen LogP contribution in [-0.4, -0.2) is 9.38 Å². The number of aromatic nitrogens is 2. The summed E-state index contributed by atoms with van der Waals surface area (Å²) in [6.07, 6.45) is 0. The topological polar surface area (TPSA) is 17.3 Å². The van der Waals surface area contributed by atoms with Crippen LogP contribution in [0.15, 0.2) is 53.9 Å². The van der Waals surface area contributed by atoms with Crippen LogP contribution in [0, 0.1) is 5.82 Å². The smallest absolute Gasteiger partial charge is 0.195 e. The molecule has 0 aliphatic carbocycles. The monoisotopic (exact) mass is 304 g/mol. The van der Waals surface area contributed by atoms with E-state index >= 15 is 0 Å². The number of hydrogen-bond acceptors (Lipinski definition) is 2. The Morgan fingerprint density at radius 2 is 1.75 bits per heavy atom. The van der Waals surface area contributed by atoms with Crippen LogP contribution in [0.5, 0.6) is 0 Å². The number of rotatable bonds is 1. The molecule has 0 aliphatic rings. The number of hydrogen-bond donors (Lipinski definition) is 0. The third-order valence-electron chi connectivity index (χ3n) is 3.19. The quantitative estimate of drug-likeness (QED) is 0.495. The van der Waals surface area contributed by atoms with Gasteiger partial charge in [0.2, 0.25) is 0 Å². The number of thiazole rings is 1. The summed E-state index contributed by atoms with van der Waals surface area (Å²) in [5.41, 5.74) is 4.11.